The van der Waals surface area contributed by atoms with Crippen LogP contribution in [0.4, 0.5) is 11.4 Å². The van der Waals surface area contributed by atoms with Gasteiger partial charge in [0.1, 0.15) is 11.4 Å². The molecule has 0 aliphatic carbocycles. The molecule has 0 unspecified atom stereocenters. The van der Waals surface area contributed by atoms with E-state index < -0.39 is 10.8 Å². The third-order valence-electron chi connectivity index (χ3n) is 4.28. The summed E-state index contributed by atoms with van der Waals surface area (Å²) in [5.74, 6) is 0.187. The van der Waals surface area contributed by atoms with Crippen molar-refractivity contribution in [1.82, 2.24) is 0 Å². The topological polar surface area (TPSA) is 81.5 Å². The summed E-state index contributed by atoms with van der Waals surface area (Å²) in [5, 5.41) is 13.8. The first-order chi connectivity index (χ1) is 13.9. The van der Waals surface area contributed by atoms with Crippen LogP contribution in [-0.4, -0.2) is 17.4 Å². The van der Waals surface area contributed by atoms with Crippen LogP contribution in [0, 0.1) is 17.0 Å². The highest BCUT2D eigenvalue weighted by Crippen LogP contribution is 2.29. The summed E-state index contributed by atoms with van der Waals surface area (Å²) in [6.45, 7) is 2.26. The average Bonchev–Trinajstić information content (AvgIpc) is 2.71. The summed E-state index contributed by atoms with van der Waals surface area (Å²) in [4.78, 5) is 23.3. The lowest BCUT2D eigenvalue weighted by molar-refractivity contribution is -0.384. The summed E-state index contributed by atoms with van der Waals surface area (Å²) in [6.07, 6.45) is 0.770. The monoisotopic (exact) mass is 454 g/mol. The van der Waals surface area contributed by atoms with Crippen LogP contribution in [-0.2, 0) is 6.42 Å². The molecule has 0 spiro atoms. The maximum absolute atomic E-state index is 12.5. The van der Waals surface area contributed by atoms with Gasteiger partial charge in [0.15, 0.2) is 0 Å². The molecule has 1 amide bonds. The van der Waals surface area contributed by atoms with Gasteiger partial charge >= 0.3 is 0 Å². The molecule has 0 saturated carbocycles. The van der Waals surface area contributed by atoms with E-state index >= 15 is 0 Å². The van der Waals surface area contributed by atoms with Gasteiger partial charge in [0.25, 0.3) is 11.6 Å². The van der Waals surface area contributed by atoms with Gasteiger partial charge in [0.05, 0.1) is 16.0 Å². The lowest BCUT2D eigenvalue weighted by atomic mass is 10.1. The van der Waals surface area contributed by atoms with Crippen molar-refractivity contribution in [3.05, 3.63) is 98.0 Å². The maximum atomic E-state index is 12.5. The lowest BCUT2D eigenvalue weighted by Crippen LogP contribution is -2.13. The molecule has 0 heterocycles. The molecule has 3 rings (SSSR count). The molecule has 3 aromatic carbocycles. The SMILES string of the molecule is Cc1ccc(NC(=O)c2ccc(OCCc3ccccc3)c(Br)c2)c([N+](=O)[O-])c1. The van der Waals surface area contributed by atoms with E-state index in [-0.39, 0.29) is 11.4 Å². The van der Waals surface area contributed by atoms with Crippen LogP contribution in [0.1, 0.15) is 21.5 Å². The van der Waals surface area contributed by atoms with Gasteiger partial charge in [0, 0.05) is 18.1 Å². The highest BCUT2D eigenvalue weighted by Gasteiger charge is 2.17. The van der Waals surface area contributed by atoms with Crippen LogP contribution in [0.5, 0.6) is 5.75 Å². The number of nitro groups is 1. The van der Waals surface area contributed by atoms with Crippen molar-refractivity contribution < 1.29 is 14.5 Å². The zero-order valence-corrected chi connectivity index (χ0v) is 17.3. The van der Waals surface area contributed by atoms with E-state index in [1.165, 1.54) is 17.7 Å². The van der Waals surface area contributed by atoms with E-state index in [2.05, 4.69) is 21.2 Å². The van der Waals surface area contributed by atoms with Crippen molar-refractivity contribution in [2.24, 2.45) is 0 Å². The number of ether oxygens (including phenoxy) is 1. The molecular weight excluding hydrogens is 436 g/mol. The van der Waals surface area contributed by atoms with Crippen LogP contribution >= 0.6 is 15.9 Å². The van der Waals surface area contributed by atoms with Crippen LogP contribution in [0.2, 0.25) is 0 Å². The number of hydrogen-bond acceptors (Lipinski definition) is 4. The number of aryl methyl sites for hydroxylation is 1. The minimum Gasteiger partial charge on any atom is -0.492 e. The summed E-state index contributed by atoms with van der Waals surface area (Å²) < 4.78 is 6.43. The minimum absolute atomic E-state index is 0.140. The highest BCUT2D eigenvalue weighted by molar-refractivity contribution is 9.10. The van der Waals surface area contributed by atoms with Gasteiger partial charge in [-0.1, -0.05) is 36.4 Å². The number of carbonyl (C=O) groups excluding carboxylic acids is 1. The Balaban J connectivity index is 1.66. The Morgan fingerprint density at radius 1 is 1.10 bits per heavy atom. The molecule has 0 saturated heterocycles. The van der Waals surface area contributed by atoms with E-state index in [1.807, 2.05) is 30.3 Å². The summed E-state index contributed by atoms with van der Waals surface area (Å²) >= 11 is 3.42. The molecule has 0 bridgehead atoms. The Labute approximate surface area is 176 Å². The third-order valence-corrected chi connectivity index (χ3v) is 4.90. The summed E-state index contributed by atoms with van der Waals surface area (Å²) in [6, 6.07) is 19.6. The maximum Gasteiger partial charge on any atom is 0.293 e. The molecule has 0 atom stereocenters. The molecule has 6 nitrogen and oxygen atoms in total. The van der Waals surface area contributed by atoms with E-state index in [1.54, 1.807) is 31.2 Å². The number of amides is 1. The predicted molar refractivity (Wildman–Crippen MR) is 116 cm³/mol. The number of anilines is 1. The molecule has 1 N–H and O–H groups in total. The lowest BCUT2D eigenvalue weighted by Gasteiger charge is -2.11. The van der Waals surface area contributed by atoms with Crippen LogP contribution in [0.25, 0.3) is 0 Å². The quantitative estimate of drug-likeness (QED) is 0.375. The largest absolute Gasteiger partial charge is 0.492 e. The average molecular weight is 455 g/mol. The number of nitrogens with zero attached hydrogens (tertiary/aromatic N) is 1. The van der Waals surface area contributed by atoms with Crippen LogP contribution in [0.3, 0.4) is 0 Å². The number of benzene rings is 3. The molecular formula is C22H19BrN2O4. The molecule has 148 valence electrons. The number of hydrogen-bond donors (Lipinski definition) is 1. The summed E-state index contributed by atoms with van der Waals surface area (Å²) in [7, 11) is 0. The summed E-state index contributed by atoms with van der Waals surface area (Å²) in [5.41, 5.74) is 2.30. The third kappa shape index (κ3) is 5.42. The van der Waals surface area contributed by atoms with Gasteiger partial charge in [-0.3, -0.25) is 14.9 Å². The number of carbonyl (C=O) groups is 1. The van der Waals surface area contributed by atoms with Gasteiger partial charge in [-0.25, -0.2) is 0 Å². The fourth-order valence-corrected chi connectivity index (χ4v) is 3.27. The molecule has 29 heavy (non-hydrogen) atoms. The van der Waals surface area contributed by atoms with E-state index in [4.69, 9.17) is 4.74 Å². The molecule has 0 radical (unpaired) electrons. The first-order valence-electron chi connectivity index (χ1n) is 8.96. The van der Waals surface area contributed by atoms with Crippen molar-refractivity contribution in [2.45, 2.75) is 13.3 Å². The second-order valence-electron chi connectivity index (χ2n) is 6.46. The second kappa shape index (κ2) is 9.34. The van der Waals surface area contributed by atoms with Crippen molar-refractivity contribution in [2.75, 3.05) is 11.9 Å². The second-order valence-corrected chi connectivity index (χ2v) is 7.32. The molecule has 7 heteroatoms. The Morgan fingerprint density at radius 3 is 2.55 bits per heavy atom. The first kappa shape index (κ1) is 20.5. The van der Waals surface area contributed by atoms with Gasteiger partial charge in [-0.2, -0.15) is 0 Å². The van der Waals surface area contributed by atoms with Gasteiger partial charge in [0.2, 0.25) is 0 Å². The standard InChI is InChI=1S/C22H19BrN2O4/c1-15-7-9-19(20(13-15)25(27)28)24-22(26)17-8-10-21(18(23)14-17)29-12-11-16-5-3-2-4-6-16/h2-10,13-14H,11-12H2,1H3,(H,24,26). The fourth-order valence-electron chi connectivity index (χ4n) is 2.78. The van der Waals surface area contributed by atoms with E-state index in [0.29, 0.717) is 22.4 Å². The zero-order valence-electron chi connectivity index (χ0n) is 15.7. The van der Waals surface area contributed by atoms with Crippen molar-refractivity contribution >= 4 is 33.2 Å². The molecule has 0 aromatic heterocycles. The highest BCUT2D eigenvalue weighted by atomic mass is 79.9. The number of nitrogens with one attached hydrogen (secondary N) is 1. The zero-order chi connectivity index (χ0) is 20.8. The van der Waals surface area contributed by atoms with Crippen LogP contribution < -0.4 is 10.1 Å². The minimum atomic E-state index is -0.512. The Morgan fingerprint density at radius 2 is 1.86 bits per heavy atom. The van der Waals surface area contributed by atoms with Crippen molar-refractivity contribution in [3.8, 4) is 5.75 Å². The molecule has 0 aliphatic rings. The number of halogens is 1. The van der Waals surface area contributed by atoms with Gasteiger partial charge in [-0.15, -0.1) is 0 Å². The van der Waals surface area contributed by atoms with E-state index in [9.17, 15) is 14.9 Å². The Hall–Kier alpha value is -3.19. The number of nitro benzene ring substituents is 1. The Kier molecular flexibility index (Phi) is 6.61. The molecule has 0 fully saturated rings. The van der Waals surface area contributed by atoms with Gasteiger partial charge < -0.3 is 10.1 Å². The smallest absolute Gasteiger partial charge is 0.293 e. The Bertz CT molecular complexity index is 1040. The first-order valence-corrected chi connectivity index (χ1v) is 9.76. The van der Waals surface area contributed by atoms with Crippen LogP contribution in [0.15, 0.2) is 71.2 Å². The van der Waals surface area contributed by atoms with Gasteiger partial charge in [-0.05, 0) is 58.2 Å². The molecule has 3 aromatic rings. The normalized spacial score (nSPS) is 10.4. The van der Waals surface area contributed by atoms with E-state index in [0.717, 1.165) is 12.0 Å². The van der Waals surface area contributed by atoms with Crippen molar-refractivity contribution in [1.29, 1.82) is 0 Å². The van der Waals surface area contributed by atoms with Crippen molar-refractivity contribution in [3.63, 3.8) is 0 Å². The predicted octanol–water partition coefficient (Wildman–Crippen LogP) is 5.54. The fraction of sp³-hybridized carbons (Fsp3) is 0.136. The number of rotatable bonds is 7. The molecule has 0 aliphatic heterocycles.